The first kappa shape index (κ1) is 12.7. The van der Waals surface area contributed by atoms with E-state index in [0.717, 1.165) is 0 Å². The molecule has 0 aromatic carbocycles. The van der Waals surface area contributed by atoms with Crippen LogP contribution < -0.4 is 5.73 Å². The number of hydrogen-bond acceptors (Lipinski definition) is 3. The van der Waals surface area contributed by atoms with Gasteiger partial charge in [-0.3, -0.25) is 4.79 Å². The highest BCUT2D eigenvalue weighted by atomic mass is 35.5. The molecule has 1 unspecified atom stereocenters. The molecule has 11 heavy (non-hydrogen) atoms. The zero-order valence-electron chi connectivity index (χ0n) is 5.67. The van der Waals surface area contributed by atoms with E-state index in [1.807, 2.05) is 0 Å². The summed E-state index contributed by atoms with van der Waals surface area (Å²) in [6.45, 7) is 0.129. The Labute approximate surface area is 69.4 Å². The zero-order valence-corrected chi connectivity index (χ0v) is 6.49. The normalized spacial score (nSPS) is 10.6. The summed E-state index contributed by atoms with van der Waals surface area (Å²) < 4.78 is 0. The first-order valence-electron chi connectivity index (χ1n) is 2.67. The van der Waals surface area contributed by atoms with Gasteiger partial charge in [0.15, 0.2) is 0 Å². The van der Waals surface area contributed by atoms with E-state index in [0.29, 0.717) is 0 Å². The molecule has 0 aliphatic heterocycles. The molecule has 64 valence electrons. The van der Waals surface area contributed by atoms with E-state index in [1.54, 1.807) is 0 Å². The SMILES string of the molecule is Cl.[N-]=[N+]=NCCC(N)C(=O)O. The van der Waals surface area contributed by atoms with Crippen molar-refractivity contribution in [3.05, 3.63) is 10.4 Å². The summed E-state index contributed by atoms with van der Waals surface area (Å²) in [6.07, 6.45) is 0.180. The Morgan fingerprint density at radius 3 is 2.73 bits per heavy atom. The number of carboxylic acids is 1. The molecule has 1 atom stereocenters. The van der Waals surface area contributed by atoms with Gasteiger partial charge in [-0.1, -0.05) is 5.11 Å². The Hall–Kier alpha value is -0.970. The fourth-order valence-corrected chi connectivity index (χ4v) is 0.365. The van der Waals surface area contributed by atoms with Crippen molar-refractivity contribution in [1.82, 2.24) is 0 Å². The van der Waals surface area contributed by atoms with Crippen LogP contribution in [0.25, 0.3) is 10.4 Å². The van der Waals surface area contributed by atoms with Crippen LogP contribution in [0.15, 0.2) is 5.11 Å². The van der Waals surface area contributed by atoms with Gasteiger partial charge in [-0.25, -0.2) is 0 Å². The molecule has 7 heteroatoms. The Bertz CT molecular complexity index is 167. The van der Waals surface area contributed by atoms with Crippen molar-refractivity contribution >= 4 is 18.4 Å². The number of nitrogens with two attached hydrogens (primary N) is 1. The summed E-state index contributed by atoms with van der Waals surface area (Å²) in [5.41, 5.74) is 12.9. The molecule has 6 nitrogen and oxygen atoms in total. The van der Waals surface area contributed by atoms with Crippen molar-refractivity contribution in [2.75, 3.05) is 6.54 Å². The number of azide groups is 1. The number of nitrogens with zero attached hydrogens (tertiary/aromatic N) is 3. The zero-order chi connectivity index (χ0) is 7.98. The topological polar surface area (TPSA) is 112 Å². The number of halogens is 1. The predicted octanol–water partition coefficient (Wildman–Crippen LogP) is 0.520. The van der Waals surface area contributed by atoms with Crippen molar-refractivity contribution < 1.29 is 9.90 Å². The van der Waals surface area contributed by atoms with E-state index >= 15 is 0 Å². The molecule has 0 spiro atoms. The van der Waals surface area contributed by atoms with E-state index in [-0.39, 0.29) is 25.4 Å². The highest BCUT2D eigenvalue weighted by Gasteiger charge is 2.08. The summed E-state index contributed by atoms with van der Waals surface area (Å²) in [5.74, 6) is -1.08. The van der Waals surface area contributed by atoms with Gasteiger partial charge in [0, 0.05) is 11.5 Å². The Kier molecular flexibility index (Phi) is 8.23. The molecular formula is C4H9ClN4O2. The Balaban J connectivity index is 0. The average Bonchev–Trinajstić information content (AvgIpc) is 1.88. The van der Waals surface area contributed by atoms with Crippen molar-refractivity contribution in [3.8, 4) is 0 Å². The molecule has 0 aromatic rings. The van der Waals surface area contributed by atoms with Crippen LogP contribution in [0.4, 0.5) is 0 Å². The molecule has 0 saturated carbocycles. The van der Waals surface area contributed by atoms with E-state index in [9.17, 15) is 4.79 Å². The van der Waals surface area contributed by atoms with Gasteiger partial charge in [0.25, 0.3) is 0 Å². The van der Waals surface area contributed by atoms with Gasteiger partial charge in [-0.05, 0) is 12.0 Å². The molecule has 0 amide bonds. The fraction of sp³-hybridized carbons (Fsp3) is 0.750. The molecule has 3 N–H and O–H groups in total. The first-order valence-corrected chi connectivity index (χ1v) is 2.67. The lowest BCUT2D eigenvalue weighted by Crippen LogP contribution is -2.30. The lowest BCUT2D eigenvalue weighted by atomic mass is 10.2. The van der Waals surface area contributed by atoms with Gasteiger partial charge < -0.3 is 10.8 Å². The molecule has 0 fully saturated rings. The summed E-state index contributed by atoms with van der Waals surface area (Å²) in [7, 11) is 0. The highest BCUT2D eigenvalue weighted by Crippen LogP contribution is 1.88. The smallest absolute Gasteiger partial charge is 0.320 e. The standard InChI is InChI=1S/C4H8N4O2.ClH/c5-3(4(9)10)1-2-7-8-6;/h3H,1-2,5H2,(H,9,10);1H. The molecule has 0 bridgehead atoms. The maximum absolute atomic E-state index is 10.0. The highest BCUT2D eigenvalue weighted by molar-refractivity contribution is 5.85. The van der Waals surface area contributed by atoms with Crippen molar-refractivity contribution in [3.63, 3.8) is 0 Å². The van der Waals surface area contributed by atoms with Crippen LogP contribution in [0, 0.1) is 0 Å². The first-order chi connectivity index (χ1) is 4.68. The maximum atomic E-state index is 10.0. The number of carbonyl (C=O) groups is 1. The molecule has 0 aromatic heterocycles. The number of aliphatic carboxylic acids is 1. The summed E-state index contributed by atoms with van der Waals surface area (Å²) >= 11 is 0. The molecular weight excluding hydrogens is 172 g/mol. The van der Waals surface area contributed by atoms with Gasteiger partial charge in [-0.2, -0.15) is 0 Å². The summed E-state index contributed by atoms with van der Waals surface area (Å²) in [6, 6.07) is -0.925. The molecule has 0 aliphatic carbocycles. The lowest BCUT2D eigenvalue weighted by molar-refractivity contribution is -0.138. The minimum atomic E-state index is -1.08. The van der Waals surface area contributed by atoms with Crippen LogP contribution in [-0.4, -0.2) is 23.7 Å². The quantitative estimate of drug-likeness (QED) is 0.374. The van der Waals surface area contributed by atoms with Gasteiger partial charge in [0.2, 0.25) is 0 Å². The molecule has 0 radical (unpaired) electrons. The Morgan fingerprint density at radius 2 is 2.36 bits per heavy atom. The second-order valence-electron chi connectivity index (χ2n) is 1.69. The van der Waals surface area contributed by atoms with Gasteiger partial charge in [0.05, 0.1) is 0 Å². The van der Waals surface area contributed by atoms with E-state index in [1.165, 1.54) is 0 Å². The Morgan fingerprint density at radius 1 is 1.82 bits per heavy atom. The molecule has 0 aliphatic rings. The van der Waals surface area contributed by atoms with Crippen LogP contribution >= 0.6 is 12.4 Å². The van der Waals surface area contributed by atoms with Gasteiger partial charge >= 0.3 is 5.97 Å². The van der Waals surface area contributed by atoms with Crippen molar-refractivity contribution in [2.45, 2.75) is 12.5 Å². The van der Waals surface area contributed by atoms with Crippen LogP contribution in [0.3, 0.4) is 0 Å². The number of carboxylic acid groups (broad SMARTS) is 1. The monoisotopic (exact) mass is 180 g/mol. The third kappa shape index (κ3) is 6.92. The van der Waals surface area contributed by atoms with E-state index in [2.05, 4.69) is 10.0 Å². The van der Waals surface area contributed by atoms with Crippen LogP contribution in [0.5, 0.6) is 0 Å². The third-order valence-electron chi connectivity index (χ3n) is 0.921. The van der Waals surface area contributed by atoms with Crippen LogP contribution in [0.2, 0.25) is 0 Å². The lowest BCUT2D eigenvalue weighted by Gasteiger charge is -2.00. The summed E-state index contributed by atoms with van der Waals surface area (Å²) in [4.78, 5) is 12.5. The molecule has 0 heterocycles. The molecule has 0 rings (SSSR count). The number of hydrogen-bond donors (Lipinski definition) is 2. The van der Waals surface area contributed by atoms with Crippen molar-refractivity contribution in [1.29, 1.82) is 0 Å². The van der Waals surface area contributed by atoms with Crippen LogP contribution in [-0.2, 0) is 4.79 Å². The van der Waals surface area contributed by atoms with Gasteiger partial charge in [0.1, 0.15) is 6.04 Å². The maximum Gasteiger partial charge on any atom is 0.320 e. The van der Waals surface area contributed by atoms with E-state index in [4.69, 9.17) is 16.4 Å². The second kappa shape index (κ2) is 7.14. The third-order valence-corrected chi connectivity index (χ3v) is 0.921. The van der Waals surface area contributed by atoms with Crippen LogP contribution in [0.1, 0.15) is 6.42 Å². The predicted molar refractivity (Wildman–Crippen MR) is 41.5 cm³/mol. The van der Waals surface area contributed by atoms with Crippen molar-refractivity contribution in [2.24, 2.45) is 10.8 Å². The van der Waals surface area contributed by atoms with E-state index < -0.39 is 12.0 Å². The average molecular weight is 181 g/mol. The minimum Gasteiger partial charge on any atom is -0.480 e. The van der Waals surface area contributed by atoms with Gasteiger partial charge in [-0.15, -0.1) is 12.4 Å². The summed E-state index contributed by atoms with van der Waals surface area (Å²) in [5, 5.41) is 11.4. The molecule has 0 saturated heterocycles. The second-order valence-corrected chi connectivity index (χ2v) is 1.69. The largest absolute Gasteiger partial charge is 0.480 e. The minimum absolute atomic E-state index is 0. The fourth-order valence-electron chi connectivity index (χ4n) is 0.365. The number of rotatable bonds is 4.